The minimum absolute atomic E-state index is 0.181. The van der Waals surface area contributed by atoms with E-state index in [1.54, 1.807) is 0 Å². The number of sulfone groups is 1. The number of rotatable bonds is 3. The van der Waals surface area contributed by atoms with Crippen molar-refractivity contribution in [3.63, 3.8) is 0 Å². The molecule has 1 aromatic rings. The molecular formula is C9H9BrClFO3S. The van der Waals surface area contributed by atoms with Crippen LogP contribution in [0.3, 0.4) is 0 Å². The highest BCUT2D eigenvalue weighted by Crippen LogP contribution is 2.42. The van der Waals surface area contributed by atoms with E-state index in [9.17, 15) is 17.9 Å². The number of benzene rings is 1. The van der Waals surface area contributed by atoms with Crippen molar-refractivity contribution in [2.24, 2.45) is 0 Å². The van der Waals surface area contributed by atoms with E-state index in [2.05, 4.69) is 15.9 Å². The number of alkyl halides is 2. The maximum absolute atomic E-state index is 13.3. The van der Waals surface area contributed by atoms with Gasteiger partial charge in [0, 0.05) is 11.8 Å². The Morgan fingerprint density at radius 1 is 1.50 bits per heavy atom. The normalized spacial score (nSPS) is 17.8. The van der Waals surface area contributed by atoms with Gasteiger partial charge >= 0.3 is 0 Å². The second-order valence-corrected chi connectivity index (χ2v) is 8.50. The second-order valence-electron chi connectivity index (χ2n) is 3.26. The van der Waals surface area contributed by atoms with Gasteiger partial charge in [0.15, 0.2) is 9.84 Å². The number of hydrogen-bond donors (Lipinski definition) is 1. The molecule has 0 unspecified atom stereocenters. The summed E-state index contributed by atoms with van der Waals surface area (Å²) in [5.41, 5.74) is -0.181. The van der Waals surface area contributed by atoms with Crippen molar-refractivity contribution in [2.45, 2.75) is 9.22 Å². The lowest BCUT2D eigenvalue weighted by Crippen LogP contribution is -2.32. The fourth-order valence-electron chi connectivity index (χ4n) is 1.08. The van der Waals surface area contributed by atoms with Crippen molar-refractivity contribution in [1.82, 2.24) is 0 Å². The third kappa shape index (κ3) is 2.56. The molecule has 0 saturated heterocycles. The van der Waals surface area contributed by atoms with Gasteiger partial charge in [0.2, 0.25) is 3.12 Å². The lowest BCUT2D eigenvalue weighted by molar-refractivity contribution is 0.180. The quantitative estimate of drug-likeness (QED) is 0.864. The van der Waals surface area contributed by atoms with Gasteiger partial charge in [-0.25, -0.2) is 12.8 Å². The van der Waals surface area contributed by atoms with Crippen LogP contribution in [-0.2, 0) is 9.84 Å². The molecule has 0 aromatic heterocycles. The van der Waals surface area contributed by atoms with E-state index in [-0.39, 0.29) is 5.56 Å². The predicted molar refractivity (Wildman–Crippen MR) is 63.7 cm³/mol. The third-order valence-electron chi connectivity index (χ3n) is 2.01. The highest BCUT2D eigenvalue weighted by Gasteiger charge is 2.45. The standard InChI is InChI=1S/C9H9BrClFO3S/c1-16(14,15)9(10,11)8(13)6-4-2-3-5-7(6)12/h2-5,8,13H,1H3/t8-,9-/m0/s1. The van der Waals surface area contributed by atoms with Crippen LogP contribution in [0, 0.1) is 5.82 Å². The van der Waals surface area contributed by atoms with Crippen molar-refractivity contribution >= 4 is 37.4 Å². The van der Waals surface area contributed by atoms with Crippen LogP contribution in [0.5, 0.6) is 0 Å². The lowest BCUT2D eigenvalue weighted by Gasteiger charge is -2.24. The fourth-order valence-corrected chi connectivity index (χ4v) is 1.98. The summed E-state index contributed by atoms with van der Waals surface area (Å²) < 4.78 is 33.8. The Kier molecular flexibility index (Phi) is 3.99. The van der Waals surface area contributed by atoms with E-state index in [4.69, 9.17) is 11.6 Å². The first-order chi connectivity index (χ1) is 7.18. The minimum atomic E-state index is -3.80. The largest absolute Gasteiger partial charge is 0.384 e. The fraction of sp³-hybridized carbons (Fsp3) is 0.333. The molecule has 7 heteroatoms. The van der Waals surface area contributed by atoms with Gasteiger partial charge in [-0.15, -0.1) is 0 Å². The zero-order chi connectivity index (χ0) is 12.6. The van der Waals surface area contributed by atoms with Gasteiger partial charge < -0.3 is 5.11 Å². The summed E-state index contributed by atoms with van der Waals surface area (Å²) in [5.74, 6) is -0.719. The number of halogens is 3. The van der Waals surface area contributed by atoms with Gasteiger partial charge in [-0.05, 0) is 22.0 Å². The molecule has 0 spiro atoms. The summed E-state index contributed by atoms with van der Waals surface area (Å²) in [7, 11) is -3.80. The maximum atomic E-state index is 13.3. The molecule has 0 bridgehead atoms. The van der Waals surface area contributed by atoms with Gasteiger partial charge in [-0.3, -0.25) is 0 Å². The Balaban J connectivity index is 3.23. The van der Waals surface area contributed by atoms with Crippen molar-refractivity contribution in [2.75, 3.05) is 6.26 Å². The maximum Gasteiger partial charge on any atom is 0.228 e. The average molecular weight is 332 g/mol. The molecule has 0 saturated carbocycles. The molecule has 0 heterocycles. The van der Waals surface area contributed by atoms with Gasteiger partial charge in [-0.2, -0.15) is 0 Å². The van der Waals surface area contributed by atoms with Gasteiger partial charge in [0.1, 0.15) is 11.9 Å². The first-order valence-corrected chi connectivity index (χ1v) is 7.24. The van der Waals surface area contributed by atoms with Crippen LogP contribution in [0.1, 0.15) is 11.7 Å². The molecule has 90 valence electrons. The Morgan fingerprint density at radius 3 is 2.44 bits per heavy atom. The Bertz CT molecular complexity index is 489. The van der Waals surface area contributed by atoms with E-state index in [0.29, 0.717) is 0 Å². The number of hydrogen-bond acceptors (Lipinski definition) is 3. The Labute approximate surface area is 106 Å². The van der Waals surface area contributed by atoms with Gasteiger partial charge in [0.05, 0.1) is 0 Å². The molecule has 16 heavy (non-hydrogen) atoms. The van der Waals surface area contributed by atoms with Crippen LogP contribution in [0.15, 0.2) is 24.3 Å². The van der Waals surface area contributed by atoms with E-state index in [0.717, 1.165) is 12.3 Å². The zero-order valence-electron chi connectivity index (χ0n) is 8.19. The van der Waals surface area contributed by atoms with E-state index >= 15 is 0 Å². The van der Waals surface area contributed by atoms with Crippen LogP contribution >= 0.6 is 27.5 Å². The van der Waals surface area contributed by atoms with Crippen molar-refractivity contribution < 1.29 is 17.9 Å². The Hall–Kier alpha value is -0.170. The second kappa shape index (κ2) is 4.60. The van der Waals surface area contributed by atoms with Crippen molar-refractivity contribution in [3.8, 4) is 0 Å². The summed E-state index contributed by atoms with van der Waals surface area (Å²) in [6.45, 7) is 0. The third-order valence-corrected chi connectivity index (χ3v) is 6.47. The molecule has 0 aliphatic heterocycles. The van der Waals surface area contributed by atoms with Crippen LogP contribution in [0.2, 0.25) is 0 Å². The molecule has 1 aromatic carbocycles. The van der Waals surface area contributed by atoms with Gasteiger partial charge in [0.25, 0.3) is 0 Å². The van der Waals surface area contributed by atoms with Crippen molar-refractivity contribution in [3.05, 3.63) is 35.6 Å². The van der Waals surface area contributed by atoms with Crippen LogP contribution in [0.4, 0.5) is 4.39 Å². The Morgan fingerprint density at radius 2 is 2.00 bits per heavy atom. The van der Waals surface area contributed by atoms with E-state index in [1.165, 1.54) is 18.2 Å². The highest BCUT2D eigenvalue weighted by molar-refractivity contribution is 9.12. The molecule has 2 atom stereocenters. The summed E-state index contributed by atoms with van der Waals surface area (Å²) in [4.78, 5) is 0. The highest BCUT2D eigenvalue weighted by atomic mass is 79.9. The SMILES string of the molecule is CS(=O)(=O)[C@](Cl)(Br)[C@@H](O)c1ccccc1F. The molecule has 3 nitrogen and oxygen atoms in total. The average Bonchev–Trinajstić information content (AvgIpc) is 2.15. The van der Waals surface area contributed by atoms with Crippen LogP contribution in [-0.4, -0.2) is 22.9 Å². The zero-order valence-corrected chi connectivity index (χ0v) is 11.4. The molecule has 0 radical (unpaired) electrons. The van der Waals surface area contributed by atoms with Crippen LogP contribution in [0.25, 0.3) is 0 Å². The topological polar surface area (TPSA) is 54.4 Å². The van der Waals surface area contributed by atoms with E-state index < -0.39 is 24.9 Å². The smallest absolute Gasteiger partial charge is 0.228 e. The first kappa shape index (κ1) is 13.9. The summed E-state index contributed by atoms with van der Waals surface area (Å²) in [6.07, 6.45) is -0.857. The summed E-state index contributed by atoms with van der Waals surface area (Å²) >= 11 is 8.38. The molecule has 0 aliphatic rings. The summed E-state index contributed by atoms with van der Waals surface area (Å²) in [6, 6.07) is 5.28. The van der Waals surface area contributed by atoms with Crippen LogP contribution < -0.4 is 0 Å². The van der Waals surface area contributed by atoms with E-state index in [1.807, 2.05) is 0 Å². The molecule has 1 rings (SSSR count). The lowest BCUT2D eigenvalue weighted by atomic mass is 10.1. The molecule has 0 amide bonds. The summed E-state index contributed by atoms with van der Waals surface area (Å²) in [5, 5.41) is 9.77. The minimum Gasteiger partial charge on any atom is -0.384 e. The monoisotopic (exact) mass is 330 g/mol. The van der Waals surface area contributed by atoms with Gasteiger partial charge in [-0.1, -0.05) is 29.8 Å². The van der Waals surface area contributed by atoms with Crippen molar-refractivity contribution in [1.29, 1.82) is 0 Å². The first-order valence-electron chi connectivity index (χ1n) is 4.18. The number of aliphatic hydroxyl groups is 1. The molecule has 0 fully saturated rings. The number of aliphatic hydroxyl groups excluding tert-OH is 1. The molecular weight excluding hydrogens is 323 g/mol. The molecule has 1 N–H and O–H groups in total. The molecule has 0 aliphatic carbocycles. The predicted octanol–water partition coefficient (Wildman–Crippen LogP) is 2.19.